The van der Waals surface area contributed by atoms with Crippen molar-refractivity contribution in [3.05, 3.63) is 65.4 Å². The van der Waals surface area contributed by atoms with Crippen molar-refractivity contribution < 1.29 is 18.0 Å². The van der Waals surface area contributed by atoms with Crippen LogP contribution in [0.5, 0.6) is 0 Å². The van der Waals surface area contributed by atoms with Crippen molar-refractivity contribution >= 4 is 22.9 Å². The van der Waals surface area contributed by atoms with E-state index in [-0.39, 0.29) is 12.1 Å². The number of rotatable bonds is 4. The van der Waals surface area contributed by atoms with Gasteiger partial charge in [0.15, 0.2) is 0 Å². The minimum Gasteiger partial charge on any atom is -0.326 e. The SMILES string of the molecule is O=C(Cc1csc(-c2cccnc2)n1)Nc1cccc(C(F)(F)F)c1. The van der Waals surface area contributed by atoms with Crippen LogP contribution < -0.4 is 5.32 Å². The third-order valence-electron chi connectivity index (χ3n) is 3.28. The molecule has 0 spiro atoms. The van der Waals surface area contributed by atoms with E-state index in [0.717, 1.165) is 22.7 Å². The number of carbonyl (C=O) groups is 1. The van der Waals surface area contributed by atoms with Crippen LogP contribution in [0.25, 0.3) is 10.6 Å². The summed E-state index contributed by atoms with van der Waals surface area (Å²) in [5.41, 5.74) is 0.686. The van der Waals surface area contributed by atoms with Gasteiger partial charge in [-0.15, -0.1) is 11.3 Å². The summed E-state index contributed by atoms with van der Waals surface area (Å²) in [6, 6.07) is 8.17. The second-order valence-electron chi connectivity index (χ2n) is 5.19. The van der Waals surface area contributed by atoms with Gasteiger partial charge in [-0.1, -0.05) is 6.07 Å². The lowest BCUT2D eigenvalue weighted by molar-refractivity contribution is -0.137. The molecule has 1 aromatic carbocycles. The van der Waals surface area contributed by atoms with Crippen molar-refractivity contribution in [3.8, 4) is 10.6 Å². The molecule has 1 amide bonds. The Balaban J connectivity index is 1.67. The van der Waals surface area contributed by atoms with E-state index < -0.39 is 17.6 Å². The van der Waals surface area contributed by atoms with Gasteiger partial charge in [0.05, 0.1) is 17.7 Å². The molecule has 0 saturated heterocycles. The second-order valence-corrected chi connectivity index (χ2v) is 6.05. The van der Waals surface area contributed by atoms with Gasteiger partial charge in [-0.2, -0.15) is 13.2 Å². The Morgan fingerprint density at radius 1 is 1.20 bits per heavy atom. The third kappa shape index (κ3) is 4.42. The minimum atomic E-state index is -4.45. The lowest BCUT2D eigenvalue weighted by Gasteiger charge is -2.09. The van der Waals surface area contributed by atoms with Gasteiger partial charge < -0.3 is 5.32 Å². The average Bonchev–Trinajstić information content (AvgIpc) is 3.03. The first-order valence-electron chi connectivity index (χ1n) is 7.24. The minimum absolute atomic E-state index is 0.0208. The second kappa shape index (κ2) is 7.02. The fraction of sp³-hybridized carbons (Fsp3) is 0.118. The van der Waals surface area contributed by atoms with Crippen molar-refractivity contribution in [2.45, 2.75) is 12.6 Å². The number of hydrogen-bond acceptors (Lipinski definition) is 4. The van der Waals surface area contributed by atoms with E-state index in [4.69, 9.17) is 0 Å². The Labute approximate surface area is 145 Å². The predicted molar refractivity (Wildman–Crippen MR) is 89.1 cm³/mol. The van der Waals surface area contributed by atoms with Gasteiger partial charge in [0.2, 0.25) is 5.91 Å². The summed E-state index contributed by atoms with van der Waals surface area (Å²) in [4.78, 5) is 20.4. The summed E-state index contributed by atoms with van der Waals surface area (Å²) in [7, 11) is 0. The Morgan fingerprint density at radius 3 is 2.76 bits per heavy atom. The summed E-state index contributed by atoms with van der Waals surface area (Å²) in [6.45, 7) is 0. The Kier molecular flexibility index (Phi) is 4.80. The van der Waals surface area contributed by atoms with Gasteiger partial charge in [0.25, 0.3) is 0 Å². The van der Waals surface area contributed by atoms with Crippen LogP contribution in [0.3, 0.4) is 0 Å². The van der Waals surface area contributed by atoms with Crippen LogP contribution in [-0.2, 0) is 17.4 Å². The summed E-state index contributed by atoms with van der Waals surface area (Å²) in [5, 5.41) is 4.94. The molecule has 0 unspecified atom stereocenters. The van der Waals surface area contributed by atoms with Crippen molar-refractivity contribution in [2.24, 2.45) is 0 Å². The molecular weight excluding hydrogens is 351 g/mol. The largest absolute Gasteiger partial charge is 0.416 e. The molecule has 0 bridgehead atoms. The number of pyridine rings is 1. The number of aromatic nitrogens is 2. The topological polar surface area (TPSA) is 54.9 Å². The maximum absolute atomic E-state index is 12.7. The molecule has 0 fully saturated rings. The monoisotopic (exact) mass is 363 g/mol. The van der Waals surface area contributed by atoms with Crippen molar-refractivity contribution in [1.82, 2.24) is 9.97 Å². The predicted octanol–water partition coefficient (Wildman–Crippen LogP) is 4.41. The number of amides is 1. The molecule has 2 heterocycles. The number of anilines is 1. The van der Waals surface area contributed by atoms with Crippen LogP contribution in [0, 0.1) is 0 Å². The number of nitrogens with one attached hydrogen (secondary N) is 1. The highest BCUT2D eigenvalue weighted by Crippen LogP contribution is 2.30. The molecule has 0 radical (unpaired) electrons. The summed E-state index contributed by atoms with van der Waals surface area (Å²) in [5.74, 6) is -0.428. The maximum Gasteiger partial charge on any atom is 0.416 e. The molecule has 0 saturated carbocycles. The van der Waals surface area contributed by atoms with Crippen LogP contribution in [0.2, 0.25) is 0 Å². The van der Waals surface area contributed by atoms with Gasteiger partial charge >= 0.3 is 6.18 Å². The van der Waals surface area contributed by atoms with Crippen LogP contribution in [0.15, 0.2) is 54.2 Å². The molecule has 0 aliphatic heterocycles. The molecule has 0 aliphatic rings. The van der Waals surface area contributed by atoms with E-state index in [1.54, 1.807) is 23.8 Å². The van der Waals surface area contributed by atoms with Crippen molar-refractivity contribution in [3.63, 3.8) is 0 Å². The lowest BCUT2D eigenvalue weighted by atomic mass is 10.2. The van der Waals surface area contributed by atoms with Gasteiger partial charge in [-0.25, -0.2) is 4.98 Å². The number of carbonyl (C=O) groups excluding carboxylic acids is 1. The fourth-order valence-electron chi connectivity index (χ4n) is 2.15. The van der Waals surface area contributed by atoms with E-state index >= 15 is 0 Å². The van der Waals surface area contributed by atoms with Crippen molar-refractivity contribution in [1.29, 1.82) is 0 Å². The molecule has 3 rings (SSSR count). The molecule has 4 nitrogen and oxygen atoms in total. The highest BCUT2D eigenvalue weighted by Gasteiger charge is 2.30. The van der Waals surface area contributed by atoms with Gasteiger partial charge in [-0.05, 0) is 30.3 Å². The summed E-state index contributed by atoms with van der Waals surface area (Å²) in [6.07, 6.45) is -1.15. The molecule has 1 N–H and O–H groups in total. The molecular formula is C17H12F3N3OS. The molecule has 0 atom stereocenters. The smallest absolute Gasteiger partial charge is 0.326 e. The maximum atomic E-state index is 12.7. The van der Waals surface area contributed by atoms with E-state index in [1.165, 1.54) is 23.5 Å². The zero-order chi connectivity index (χ0) is 17.9. The van der Waals surface area contributed by atoms with E-state index in [0.29, 0.717) is 5.69 Å². The van der Waals surface area contributed by atoms with Gasteiger partial charge in [0, 0.05) is 29.0 Å². The molecule has 2 aromatic heterocycles. The van der Waals surface area contributed by atoms with Crippen molar-refractivity contribution in [2.75, 3.05) is 5.32 Å². The Morgan fingerprint density at radius 2 is 2.04 bits per heavy atom. The Bertz CT molecular complexity index is 878. The molecule has 3 aromatic rings. The van der Waals surface area contributed by atoms with Crippen LogP contribution in [-0.4, -0.2) is 15.9 Å². The summed E-state index contributed by atoms with van der Waals surface area (Å²) >= 11 is 1.38. The highest BCUT2D eigenvalue weighted by atomic mass is 32.1. The molecule has 128 valence electrons. The first kappa shape index (κ1) is 17.1. The van der Waals surface area contributed by atoms with Crippen LogP contribution in [0.1, 0.15) is 11.3 Å². The van der Waals surface area contributed by atoms with E-state index in [9.17, 15) is 18.0 Å². The zero-order valence-electron chi connectivity index (χ0n) is 12.7. The number of alkyl halides is 3. The van der Waals surface area contributed by atoms with E-state index in [1.807, 2.05) is 6.07 Å². The number of thiazole rings is 1. The Hall–Kier alpha value is -2.74. The summed E-state index contributed by atoms with van der Waals surface area (Å²) < 4.78 is 38.1. The molecule has 8 heteroatoms. The molecule has 0 aliphatic carbocycles. The fourth-order valence-corrected chi connectivity index (χ4v) is 2.96. The standard InChI is InChI=1S/C17H12F3N3OS/c18-17(19,20)12-4-1-5-13(7-12)22-15(24)8-14-10-25-16(23-14)11-3-2-6-21-9-11/h1-7,9-10H,8H2,(H,22,24). The number of benzene rings is 1. The number of halogens is 3. The quantitative estimate of drug-likeness (QED) is 0.747. The average molecular weight is 363 g/mol. The van der Waals surface area contributed by atoms with E-state index in [2.05, 4.69) is 15.3 Å². The zero-order valence-corrected chi connectivity index (χ0v) is 13.6. The third-order valence-corrected chi connectivity index (χ3v) is 4.22. The lowest BCUT2D eigenvalue weighted by Crippen LogP contribution is -2.15. The van der Waals surface area contributed by atoms with Crippen LogP contribution in [0.4, 0.5) is 18.9 Å². The normalized spacial score (nSPS) is 11.3. The molecule has 25 heavy (non-hydrogen) atoms. The number of hydrogen-bond donors (Lipinski definition) is 1. The first-order chi connectivity index (χ1) is 11.9. The highest BCUT2D eigenvalue weighted by molar-refractivity contribution is 7.13. The van der Waals surface area contributed by atoms with Crippen LogP contribution >= 0.6 is 11.3 Å². The first-order valence-corrected chi connectivity index (χ1v) is 8.12. The van der Waals surface area contributed by atoms with Gasteiger partial charge in [0.1, 0.15) is 5.01 Å². The number of nitrogens with zero attached hydrogens (tertiary/aromatic N) is 2. The van der Waals surface area contributed by atoms with Gasteiger partial charge in [-0.3, -0.25) is 9.78 Å².